The predicted octanol–water partition coefficient (Wildman–Crippen LogP) is 2.62. The molecule has 3 aromatic rings. The largest absolute Gasteiger partial charge is 0.340 e. The summed E-state index contributed by atoms with van der Waals surface area (Å²) in [6, 6.07) is 14.9. The number of fused-ring (bicyclic) bond motifs is 1. The van der Waals surface area contributed by atoms with Crippen molar-refractivity contribution in [1.29, 1.82) is 0 Å². The van der Waals surface area contributed by atoms with Crippen LogP contribution in [0.5, 0.6) is 0 Å². The van der Waals surface area contributed by atoms with E-state index in [2.05, 4.69) is 14.7 Å². The second-order valence-electron chi connectivity index (χ2n) is 6.66. The third-order valence-electron chi connectivity index (χ3n) is 4.46. The Hall–Kier alpha value is -2.36. The molecule has 29 heavy (non-hydrogen) atoms. The van der Waals surface area contributed by atoms with Gasteiger partial charge in [0.05, 0.1) is 22.5 Å². The standard InChI is InChI=1S/C20H24N4O3S2/c1-24(14-19-21-16-10-6-7-11-17(16)22-19)20(25)18(12-13-28-2)23-29(26,27)15-8-4-3-5-9-15/h3-11,18,23H,12-14H2,1-2H3,(H,21,22). The Bertz CT molecular complexity index is 1030. The number of thioether (sulfide) groups is 1. The van der Waals surface area contributed by atoms with Gasteiger partial charge in [-0.1, -0.05) is 30.3 Å². The van der Waals surface area contributed by atoms with Crippen LogP contribution in [0.15, 0.2) is 59.5 Å². The van der Waals surface area contributed by atoms with Crippen molar-refractivity contribution in [2.24, 2.45) is 0 Å². The number of sulfonamides is 1. The average molecular weight is 433 g/mol. The summed E-state index contributed by atoms with van der Waals surface area (Å²) in [6.07, 6.45) is 2.32. The minimum Gasteiger partial charge on any atom is -0.340 e. The SMILES string of the molecule is CSCCC(NS(=O)(=O)c1ccccc1)C(=O)N(C)Cc1nc2ccccc2[nH]1. The van der Waals surface area contributed by atoms with Gasteiger partial charge in [-0.15, -0.1) is 0 Å². The van der Waals surface area contributed by atoms with Gasteiger partial charge in [-0.25, -0.2) is 13.4 Å². The van der Waals surface area contributed by atoms with Crippen LogP contribution in [0, 0.1) is 0 Å². The van der Waals surface area contributed by atoms with Gasteiger partial charge in [-0.2, -0.15) is 16.5 Å². The highest BCUT2D eigenvalue weighted by Gasteiger charge is 2.28. The van der Waals surface area contributed by atoms with E-state index in [1.165, 1.54) is 17.0 Å². The fourth-order valence-corrected chi connectivity index (χ4v) is 4.69. The van der Waals surface area contributed by atoms with Crippen molar-refractivity contribution in [3.05, 3.63) is 60.4 Å². The van der Waals surface area contributed by atoms with E-state index in [4.69, 9.17) is 0 Å². The number of para-hydroxylation sites is 2. The summed E-state index contributed by atoms with van der Waals surface area (Å²) in [6.45, 7) is 0.260. The number of amides is 1. The first-order chi connectivity index (χ1) is 13.9. The fraction of sp³-hybridized carbons (Fsp3) is 0.300. The maximum absolute atomic E-state index is 13.0. The van der Waals surface area contributed by atoms with Crippen molar-refractivity contribution in [3.63, 3.8) is 0 Å². The van der Waals surface area contributed by atoms with E-state index in [0.29, 0.717) is 18.0 Å². The number of nitrogens with zero attached hydrogens (tertiary/aromatic N) is 2. The molecule has 2 N–H and O–H groups in total. The van der Waals surface area contributed by atoms with Gasteiger partial charge in [0, 0.05) is 7.05 Å². The summed E-state index contributed by atoms with van der Waals surface area (Å²) in [7, 11) is -2.14. The number of imidazole rings is 1. The molecule has 7 nitrogen and oxygen atoms in total. The van der Waals surface area contributed by atoms with Crippen LogP contribution in [-0.4, -0.2) is 54.3 Å². The van der Waals surface area contributed by atoms with E-state index in [0.717, 1.165) is 11.0 Å². The van der Waals surface area contributed by atoms with Crippen molar-refractivity contribution in [1.82, 2.24) is 19.6 Å². The number of benzene rings is 2. The zero-order valence-electron chi connectivity index (χ0n) is 16.3. The number of likely N-dealkylation sites (N-methyl/N-ethyl adjacent to an activating group) is 1. The number of H-pyrrole nitrogens is 1. The molecular formula is C20H24N4O3S2. The molecule has 9 heteroatoms. The number of carbonyl (C=O) groups is 1. The monoisotopic (exact) mass is 432 g/mol. The van der Waals surface area contributed by atoms with Crippen LogP contribution >= 0.6 is 11.8 Å². The van der Waals surface area contributed by atoms with E-state index < -0.39 is 16.1 Å². The van der Waals surface area contributed by atoms with Crippen molar-refractivity contribution in [2.75, 3.05) is 19.1 Å². The van der Waals surface area contributed by atoms with E-state index in [-0.39, 0.29) is 17.3 Å². The van der Waals surface area contributed by atoms with Gasteiger partial charge >= 0.3 is 0 Å². The first kappa shape index (κ1) is 21.4. The lowest BCUT2D eigenvalue weighted by atomic mass is 10.2. The first-order valence-corrected chi connectivity index (χ1v) is 12.0. The third kappa shape index (κ3) is 5.37. The average Bonchev–Trinajstić information content (AvgIpc) is 3.13. The number of hydrogen-bond acceptors (Lipinski definition) is 5. The predicted molar refractivity (Wildman–Crippen MR) is 116 cm³/mol. The summed E-state index contributed by atoms with van der Waals surface area (Å²) in [5.41, 5.74) is 1.72. The normalized spacial score (nSPS) is 12.8. The van der Waals surface area contributed by atoms with Crippen molar-refractivity contribution < 1.29 is 13.2 Å². The highest BCUT2D eigenvalue weighted by Crippen LogP contribution is 2.14. The molecule has 3 rings (SSSR count). The van der Waals surface area contributed by atoms with Crippen molar-refractivity contribution in [2.45, 2.75) is 23.9 Å². The fourth-order valence-electron chi connectivity index (χ4n) is 2.97. The molecule has 154 valence electrons. The number of rotatable bonds is 9. The molecule has 0 saturated heterocycles. The number of carbonyl (C=O) groups excluding carboxylic acids is 1. The minimum absolute atomic E-state index is 0.141. The Kier molecular flexibility index (Phi) is 6.94. The lowest BCUT2D eigenvalue weighted by molar-refractivity contribution is -0.132. The second kappa shape index (κ2) is 9.43. The van der Waals surface area contributed by atoms with E-state index in [1.807, 2.05) is 30.5 Å². The molecule has 2 aromatic carbocycles. The summed E-state index contributed by atoms with van der Waals surface area (Å²) in [5.74, 6) is 1.02. The summed E-state index contributed by atoms with van der Waals surface area (Å²) < 4.78 is 28.0. The quantitative estimate of drug-likeness (QED) is 0.542. The Morgan fingerprint density at radius 3 is 2.55 bits per heavy atom. The van der Waals surface area contributed by atoms with Gasteiger partial charge in [0.25, 0.3) is 0 Å². The van der Waals surface area contributed by atoms with Gasteiger partial charge in [0.2, 0.25) is 15.9 Å². The van der Waals surface area contributed by atoms with Crippen LogP contribution in [0.3, 0.4) is 0 Å². The molecule has 1 unspecified atom stereocenters. The summed E-state index contributed by atoms with van der Waals surface area (Å²) >= 11 is 1.56. The van der Waals surface area contributed by atoms with Crippen LogP contribution in [-0.2, 0) is 21.4 Å². The van der Waals surface area contributed by atoms with Gasteiger partial charge in [0.15, 0.2) is 0 Å². The molecule has 0 radical (unpaired) electrons. The maximum atomic E-state index is 13.0. The number of nitrogens with one attached hydrogen (secondary N) is 2. The Morgan fingerprint density at radius 2 is 1.86 bits per heavy atom. The van der Waals surface area contributed by atoms with Crippen LogP contribution in [0.1, 0.15) is 12.2 Å². The minimum atomic E-state index is -3.79. The molecule has 0 fully saturated rings. The zero-order valence-corrected chi connectivity index (χ0v) is 18.0. The zero-order chi connectivity index (χ0) is 20.9. The highest BCUT2D eigenvalue weighted by atomic mass is 32.2. The first-order valence-electron chi connectivity index (χ1n) is 9.15. The Labute approximate surface area is 175 Å². The molecule has 0 spiro atoms. The molecular weight excluding hydrogens is 408 g/mol. The van der Waals surface area contributed by atoms with Crippen molar-refractivity contribution >= 4 is 38.7 Å². The van der Waals surface area contributed by atoms with Crippen molar-refractivity contribution in [3.8, 4) is 0 Å². The third-order valence-corrected chi connectivity index (χ3v) is 6.59. The van der Waals surface area contributed by atoms with Crippen LogP contribution < -0.4 is 4.72 Å². The van der Waals surface area contributed by atoms with Crippen LogP contribution in [0.2, 0.25) is 0 Å². The highest BCUT2D eigenvalue weighted by molar-refractivity contribution is 7.98. The smallest absolute Gasteiger partial charge is 0.241 e. The second-order valence-corrected chi connectivity index (χ2v) is 9.36. The van der Waals surface area contributed by atoms with E-state index in [9.17, 15) is 13.2 Å². The lowest BCUT2D eigenvalue weighted by Crippen LogP contribution is -2.47. The molecule has 0 saturated carbocycles. The van der Waals surface area contributed by atoms with Gasteiger partial charge in [-0.3, -0.25) is 4.79 Å². The molecule has 1 heterocycles. The maximum Gasteiger partial charge on any atom is 0.241 e. The molecule has 1 aromatic heterocycles. The molecule has 0 aliphatic heterocycles. The molecule has 0 aliphatic rings. The summed E-state index contributed by atoms with van der Waals surface area (Å²) in [4.78, 5) is 22.3. The van der Waals surface area contributed by atoms with Gasteiger partial charge < -0.3 is 9.88 Å². The molecule has 1 amide bonds. The van der Waals surface area contributed by atoms with Gasteiger partial charge in [0.1, 0.15) is 11.9 Å². The molecule has 0 aliphatic carbocycles. The van der Waals surface area contributed by atoms with Gasteiger partial charge in [-0.05, 0) is 42.7 Å². The molecule has 0 bridgehead atoms. The lowest BCUT2D eigenvalue weighted by Gasteiger charge is -2.24. The Balaban J connectivity index is 1.75. The number of aromatic nitrogens is 2. The number of aromatic amines is 1. The Morgan fingerprint density at radius 1 is 1.17 bits per heavy atom. The van der Waals surface area contributed by atoms with E-state index in [1.54, 1.807) is 37.0 Å². The van der Waals surface area contributed by atoms with Crippen LogP contribution in [0.25, 0.3) is 11.0 Å². The number of hydrogen-bond donors (Lipinski definition) is 2. The van der Waals surface area contributed by atoms with E-state index >= 15 is 0 Å². The molecule has 1 atom stereocenters. The summed E-state index contributed by atoms with van der Waals surface area (Å²) in [5, 5.41) is 0. The topological polar surface area (TPSA) is 95.2 Å². The van der Waals surface area contributed by atoms with Crippen LogP contribution in [0.4, 0.5) is 0 Å².